The Balaban J connectivity index is 1.88. The van der Waals surface area contributed by atoms with Gasteiger partial charge in [0, 0.05) is 17.3 Å². The Morgan fingerprint density at radius 2 is 2.00 bits per heavy atom. The van der Waals surface area contributed by atoms with Gasteiger partial charge in [-0.1, -0.05) is 29.8 Å². The fourth-order valence-corrected chi connectivity index (χ4v) is 3.03. The number of hydrogen-bond donors (Lipinski definition) is 1. The van der Waals surface area contributed by atoms with Gasteiger partial charge in [-0.3, -0.25) is 9.59 Å². The molecule has 23 heavy (non-hydrogen) atoms. The second kappa shape index (κ2) is 6.20. The number of benzene rings is 1. The van der Waals surface area contributed by atoms with Crippen LogP contribution in [0.4, 0.5) is 0 Å². The molecular weight excluding hydrogens is 312 g/mol. The third kappa shape index (κ3) is 3.17. The lowest BCUT2D eigenvalue weighted by molar-refractivity contribution is 0.0937. The van der Waals surface area contributed by atoms with Crippen LogP contribution in [-0.4, -0.2) is 10.5 Å². The SMILES string of the molecule is Cc1ccn(C2CC2)c(=O)c1C(=O)NC(C)c1ccccc1Cl. The summed E-state index contributed by atoms with van der Waals surface area (Å²) in [6.45, 7) is 3.64. The second-order valence-corrected chi connectivity index (χ2v) is 6.44. The van der Waals surface area contributed by atoms with Gasteiger partial charge in [0.05, 0.1) is 6.04 Å². The zero-order chi connectivity index (χ0) is 16.6. The molecule has 1 atom stereocenters. The van der Waals surface area contributed by atoms with Crippen LogP contribution in [0.15, 0.2) is 41.3 Å². The zero-order valence-corrected chi connectivity index (χ0v) is 13.9. The van der Waals surface area contributed by atoms with Crippen molar-refractivity contribution >= 4 is 17.5 Å². The maximum Gasteiger partial charge on any atom is 0.263 e. The van der Waals surface area contributed by atoms with Crippen LogP contribution in [0.25, 0.3) is 0 Å². The van der Waals surface area contributed by atoms with Crippen molar-refractivity contribution in [3.63, 3.8) is 0 Å². The Bertz CT molecular complexity index is 809. The zero-order valence-electron chi connectivity index (χ0n) is 13.2. The summed E-state index contributed by atoms with van der Waals surface area (Å²) >= 11 is 6.17. The van der Waals surface area contributed by atoms with Gasteiger partial charge in [0.1, 0.15) is 5.56 Å². The number of carbonyl (C=O) groups is 1. The van der Waals surface area contributed by atoms with Gasteiger partial charge in [0.15, 0.2) is 0 Å². The van der Waals surface area contributed by atoms with Crippen LogP contribution < -0.4 is 10.9 Å². The van der Waals surface area contributed by atoms with E-state index in [1.165, 1.54) is 0 Å². The summed E-state index contributed by atoms with van der Waals surface area (Å²) in [6.07, 6.45) is 3.78. The van der Waals surface area contributed by atoms with Crippen molar-refractivity contribution in [2.75, 3.05) is 0 Å². The summed E-state index contributed by atoms with van der Waals surface area (Å²) in [7, 11) is 0. The van der Waals surface area contributed by atoms with E-state index < -0.39 is 0 Å². The average Bonchev–Trinajstić information content (AvgIpc) is 3.32. The molecule has 1 aliphatic carbocycles. The summed E-state index contributed by atoms with van der Waals surface area (Å²) in [5.41, 5.74) is 1.53. The van der Waals surface area contributed by atoms with Crippen LogP contribution >= 0.6 is 11.6 Å². The van der Waals surface area contributed by atoms with E-state index in [1.54, 1.807) is 23.8 Å². The van der Waals surface area contributed by atoms with Gasteiger partial charge in [-0.2, -0.15) is 0 Å². The summed E-state index contributed by atoms with van der Waals surface area (Å²) in [5.74, 6) is -0.352. The molecule has 0 aliphatic heterocycles. The molecule has 1 aromatic heterocycles. The standard InChI is InChI=1S/C18H19ClN2O2/c1-11-9-10-21(13-7-8-13)18(23)16(11)17(22)20-12(2)14-5-3-4-6-15(14)19/h3-6,9-10,12-13H,7-8H2,1-2H3,(H,20,22). The van der Waals surface area contributed by atoms with Crippen molar-refractivity contribution in [2.45, 2.75) is 38.8 Å². The Labute approximate surface area is 140 Å². The van der Waals surface area contributed by atoms with Crippen LogP contribution in [0.2, 0.25) is 5.02 Å². The first-order valence-corrected chi connectivity index (χ1v) is 8.14. The molecule has 1 aliphatic rings. The van der Waals surface area contributed by atoms with E-state index in [-0.39, 0.29) is 29.1 Å². The highest BCUT2D eigenvalue weighted by Gasteiger charge is 2.27. The number of hydrogen-bond acceptors (Lipinski definition) is 2. The molecule has 120 valence electrons. The number of rotatable bonds is 4. The van der Waals surface area contributed by atoms with E-state index in [0.717, 1.165) is 18.4 Å². The highest BCUT2D eigenvalue weighted by atomic mass is 35.5. The Hall–Kier alpha value is -2.07. The molecule has 1 saturated carbocycles. The summed E-state index contributed by atoms with van der Waals surface area (Å²) in [5, 5.41) is 3.48. The van der Waals surface area contributed by atoms with Crippen molar-refractivity contribution in [3.05, 3.63) is 68.6 Å². The third-order valence-corrected chi connectivity index (χ3v) is 4.56. The molecule has 1 heterocycles. The van der Waals surface area contributed by atoms with Gasteiger partial charge >= 0.3 is 0 Å². The van der Waals surface area contributed by atoms with E-state index in [2.05, 4.69) is 5.32 Å². The quantitative estimate of drug-likeness (QED) is 0.930. The number of nitrogens with zero attached hydrogens (tertiary/aromatic N) is 1. The van der Waals surface area contributed by atoms with E-state index in [9.17, 15) is 9.59 Å². The summed E-state index contributed by atoms with van der Waals surface area (Å²) < 4.78 is 1.67. The number of aryl methyl sites for hydroxylation is 1. The topological polar surface area (TPSA) is 51.1 Å². The predicted molar refractivity (Wildman–Crippen MR) is 91.0 cm³/mol. The molecular formula is C18H19ClN2O2. The smallest absolute Gasteiger partial charge is 0.263 e. The van der Waals surface area contributed by atoms with Gasteiger partial charge in [-0.15, -0.1) is 0 Å². The first-order chi connectivity index (χ1) is 11.0. The van der Waals surface area contributed by atoms with Gasteiger partial charge < -0.3 is 9.88 Å². The molecule has 2 aromatic rings. The lowest BCUT2D eigenvalue weighted by Crippen LogP contribution is -2.35. The summed E-state index contributed by atoms with van der Waals surface area (Å²) in [6, 6.07) is 9.17. The fourth-order valence-electron chi connectivity index (χ4n) is 2.73. The van der Waals surface area contributed by atoms with Crippen molar-refractivity contribution in [1.82, 2.24) is 9.88 Å². The van der Waals surface area contributed by atoms with Crippen molar-refractivity contribution in [2.24, 2.45) is 0 Å². The van der Waals surface area contributed by atoms with E-state index in [0.29, 0.717) is 10.6 Å². The number of pyridine rings is 1. The third-order valence-electron chi connectivity index (χ3n) is 4.21. The first-order valence-electron chi connectivity index (χ1n) is 7.76. The largest absolute Gasteiger partial charge is 0.345 e. The minimum absolute atomic E-state index is 0.212. The molecule has 0 radical (unpaired) electrons. The van der Waals surface area contributed by atoms with Gasteiger partial charge in [0.2, 0.25) is 0 Å². The number of halogens is 1. The molecule has 5 heteroatoms. The molecule has 1 N–H and O–H groups in total. The molecule has 1 unspecified atom stereocenters. The molecule has 0 bridgehead atoms. The van der Waals surface area contributed by atoms with Crippen LogP contribution in [0.3, 0.4) is 0 Å². The van der Waals surface area contributed by atoms with Gasteiger partial charge in [0.25, 0.3) is 11.5 Å². The van der Waals surface area contributed by atoms with Crippen molar-refractivity contribution in [3.8, 4) is 0 Å². The van der Waals surface area contributed by atoms with E-state index in [4.69, 9.17) is 11.6 Å². The predicted octanol–water partition coefficient (Wildman–Crippen LogP) is 3.64. The fraction of sp³-hybridized carbons (Fsp3) is 0.333. The van der Waals surface area contributed by atoms with Crippen LogP contribution in [-0.2, 0) is 0 Å². The average molecular weight is 331 g/mol. The first kappa shape index (κ1) is 15.8. The highest BCUT2D eigenvalue weighted by molar-refractivity contribution is 6.31. The maximum absolute atomic E-state index is 12.6. The number of carbonyl (C=O) groups excluding carboxylic acids is 1. The van der Waals surface area contributed by atoms with Crippen LogP contribution in [0.1, 0.15) is 53.3 Å². The molecule has 0 spiro atoms. The Kier molecular flexibility index (Phi) is 4.26. The molecule has 1 aromatic carbocycles. The van der Waals surface area contributed by atoms with E-state index in [1.807, 2.05) is 31.2 Å². The molecule has 3 rings (SSSR count). The summed E-state index contributed by atoms with van der Waals surface area (Å²) in [4.78, 5) is 25.2. The molecule has 1 fully saturated rings. The van der Waals surface area contributed by atoms with Crippen molar-refractivity contribution < 1.29 is 4.79 Å². The number of amides is 1. The number of nitrogens with one attached hydrogen (secondary N) is 1. The minimum Gasteiger partial charge on any atom is -0.345 e. The lowest BCUT2D eigenvalue weighted by Gasteiger charge is -2.17. The molecule has 1 amide bonds. The monoisotopic (exact) mass is 330 g/mol. The second-order valence-electron chi connectivity index (χ2n) is 6.03. The highest BCUT2D eigenvalue weighted by Crippen LogP contribution is 2.33. The van der Waals surface area contributed by atoms with Crippen LogP contribution in [0.5, 0.6) is 0 Å². The van der Waals surface area contributed by atoms with E-state index >= 15 is 0 Å². The van der Waals surface area contributed by atoms with Gasteiger partial charge in [-0.25, -0.2) is 0 Å². The van der Waals surface area contributed by atoms with Crippen molar-refractivity contribution in [1.29, 1.82) is 0 Å². The molecule has 0 saturated heterocycles. The Morgan fingerprint density at radius 1 is 1.30 bits per heavy atom. The van der Waals surface area contributed by atoms with Crippen LogP contribution in [0, 0.1) is 6.92 Å². The maximum atomic E-state index is 12.6. The Morgan fingerprint density at radius 3 is 2.65 bits per heavy atom. The number of aromatic nitrogens is 1. The molecule has 4 nitrogen and oxygen atoms in total. The normalized spacial score (nSPS) is 15.3. The lowest BCUT2D eigenvalue weighted by atomic mass is 10.1. The van der Waals surface area contributed by atoms with Gasteiger partial charge in [-0.05, 0) is 49.9 Å². The minimum atomic E-state index is -0.352.